The molecule has 402 valence electrons. The minimum atomic E-state index is -4.69. The second kappa shape index (κ2) is 49.1. The minimum Gasteiger partial charge on any atom is -0.756 e. The molecule has 0 spiro atoms. The fourth-order valence-corrected chi connectivity index (χ4v) is 9.30. The molecule has 3 atom stereocenters. The summed E-state index contributed by atoms with van der Waals surface area (Å²) in [7, 11) is 1.19. The molecule has 1 amide bonds. The molecule has 0 aromatic carbocycles. The highest BCUT2D eigenvalue weighted by Crippen LogP contribution is 2.38. The SMILES string of the molecule is CCCCCCCCC/C=C/CCCCCCCC(=O)NC(COP(=O)([O-])OCC[N+](C)(C)C)C(/C=C/CCCCCCCCCCCCC)OC(=O)CCCCCCCCCCCCCCC. The maximum Gasteiger partial charge on any atom is 0.306 e. The van der Waals surface area contributed by atoms with Gasteiger partial charge in [0.05, 0.1) is 33.8 Å². The second-order valence-corrected chi connectivity index (χ2v) is 22.6. The zero-order valence-corrected chi connectivity index (χ0v) is 46.7. The van der Waals surface area contributed by atoms with E-state index in [0.717, 1.165) is 77.0 Å². The molecule has 0 aliphatic rings. The van der Waals surface area contributed by atoms with E-state index in [9.17, 15) is 19.0 Å². The molecule has 0 aliphatic carbocycles. The lowest BCUT2D eigenvalue weighted by Gasteiger charge is -2.30. The van der Waals surface area contributed by atoms with Gasteiger partial charge in [0.2, 0.25) is 5.91 Å². The van der Waals surface area contributed by atoms with Crippen molar-refractivity contribution >= 4 is 19.7 Å². The topological polar surface area (TPSA) is 114 Å². The molecule has 0 aliphatic heterocycles. The van der Waals surface area contributed by atoms with Crippen molar-refractivity contribution in [2.45, 2.75) is 296 Å². The number of amides is 1. The van der Waals surface area contributed by atoms with Crippen LogP contribution in [0.25, 0.3) is 0 Å². The van der Waals surface area contributed by atoms with E-state index in [1.165, 1.54) is 173 Å². The molecular weight excluding hydrogens is 868 g/mol. The number of carbonyl (C=O) groups is 2. The smallest absolute Gasteiger partial charge is 0.306 e. The van der Waals surface area contributed by atoms with Crippen molar-refractivity contribution in [3.63, 3.8) is 0 Å². The van der Waals surface area contributed by atoms with Gasteiger partial charge in [0.15, 0.2) is 0 Å². The Balaban J connectivity index is 5.35. The number of hydrogen-bond acceptors (Lipinski definition) is 7. The van der Waals surface area contributed by atoms with Crippen molar-refractivity contribution in [3.05, 3.63) is 24.3 Å². The molecule has 68 heavy (non-hydrogen) atoms. The van der Waals surface area contributed by atoms with Crippen LogP contribution < -0.4 is 10.2 Å². The van der Waals surface area contributed by atoms with Crippen LogP contribution in [0.3, 0.4) is 0 Å². The van der Waals surface area contributed by atoms with Crippen molar-refractivity contribution in [1.82, 2.24) is 5.32 Å². The number of esters is 1. The van der Waals surface area contributed by atoms with Gasteiger partial charge in [-0.05, 0) is 57.4 Å². The molecule has 1 N–H and O–H groups in total. The van der Waals surface area contributed by atoms with E-state index in [1.807, 2.05) is 33.3 Å². The highest BCUT2D eigenvalue weighted by Gasteiger charge is 2.27. The van der Waals surface area contributed by atoms with Crippen LogP contribution >= 0.6 is 7.82 Å². The second-order valence-electron chi connectivity index (χ2n) is 21.2. The van der Waals surface area contributed by atoms with Crippen molar-refractivity contribution in [2.24, 2.45) is 0 Å². The summed E-state index contributed by atoms with van der Waals surface area (Å²) >= 11 is 0. The van der Waals surface area contributed by atoms with Crippen LogP contribution in [0.15, 0.2) is 24.3 Å². The molecule has 3 unspecified atom stereocenters. The highest BCUT2D eigenvalue weighted by molar-refractivity contribution is 7.45. The standard InChI is InChI=1S/C58H113N2O7P/c1-7-10-13-16-19-22-25-28-29-30-33-35-38-41-44-47-50-57(61)59-55(54-66-68(63,64)65-53-52-60(4,5)6)56(49-46-43-40-37-34-31-26-23-20-17-14-11-8-2)67-58(62)51-48-45-42-39-36-32-27-24-21-18-15-12-9-3/h29-30,46,49,55-56H,7-28,31-45,47-48,50-54H2,1-6H3,(H-,59,61,63,64)/b30-29+,49-46+. The molecule has 0 aromatic rings. The average Bonchev–Trinajstić information content (AvgIpc) is 3.29. The van der Waals surface area contributed by atoms with Gasteiger partial charge in [-0.25, -0.2) is 0 Å². The third-order valence-corrected chi connectivity index (χ3v) is 14.1. The number of nitrogens with zero attached hydrogens (tertiary/aromatic N) is 1. The third-order valence-electron chi connectivity index (χ3n) is 13.1. The Bertz CT molecular complexity index is 1220. The lowest BCUT2D eigenvalue weighted by atomic mass is 10.0. The molecule has 0 saturated heterocycles. The predicted octanol–water partition coefficient (Wildman–Crippen LogP) is 16.8. The van der Waals surface area contributed by atoms with Crippen LogP contribution in [0.2, 0.25) is 0 Å². The van der Waals surface area contributed by atoms with Crippen LogP contribution in [-0.4, -0.2) is 69.4 Å². The Morgan fingerprint density at radius 3 is 1.25 bits per heavy atom. The first-order chi connectivity index (χ1) is 32.9. The minimum absolute atomic E-state index is 0.0206. The van der Waals surface area contributed by atoms with E-state index in [1.54, 1.807) is 0 Å². The number of unbranched alkanes of at least 4 members (excludes halogenated alkanes) is 35. The van der Waals surface area contributed by atoms with Gasteiger partial charge in [0.1, 0.15) is 19.3 Å². The number of carbonyl (C=O) groups excluding carboxylic acids is 2. The van der Waals surface area contributed by atoms with E-state index in [0.29, 0.717) is 17.4 Å². The Labute approximate surface area is 422 Å². The zero-order valence-electron chi connectivity index (χ0n) is 45.8. The first-order valence-corrected chi connectivity index (χ1v) is 30.6. The van der Waals surface area contributed by atoms with Crippen LogP contribution in [0.5, 0.6) is 0 Å². The Kier molecular flexibility index (Phi) is 48.0. The van der Waals surface area contributed by atoms with E-state index in [-0.39, 0.29) is 31.5 Å². The molecule has 0 bridgehead atoms. The summed E-state index contributed by atoms with van der Waals surface area (Å²) in [6.07, 6.45) is 55.6. The maximum atomic E-state index is 13.5. The Hall–Kier alpha value is -1.51. The molecular formula is C58H113N2O7P. The number of quaternary nitrogens is 1. The van der Waals surface area contributed by atoms with Gasteiger partial charge < -0.3 is 28.5 Å². The van der Waals surface area contributed by atoms with E-state index in [2.05, 4.69) is 38.2 Å². The van der Waals surface area contributed by atoms with Gasteiger partial charge in [-0.15, -0.1) is 0 Å². The predicted molar refractivity (Wildman–Crippen MR) is 289 cm³/mol. The molecule has 0 heterocycles. The Morgan fingerprint density at radius 1 is 0.500 bits per heavy atom. The molecule has 0 fully saturated rings. The number of phosphoric acid groups is 1. The van der Waals surface area contributed by atoms with Gasteiger partial charge in [-0.1, -0.05) is 238 Å². The molecule has 0 aromatic heterocycles. The summed E-state index contributed by atoms with van der Waals surface area (Å²) in [5.41, 5.74) is 0. The van der Waals surface area contributed by atoms with Gasteiger partial charge in [-0.3, -0.25) is 14.2 Å². The van der Waals surface area contributed by atoms with E-state index >= 15 is 0 Å². The molecule has 0 saturated carbocycles. The maximum absolute atomic E-state index is 13.5. The summed E-state index contributed by atoms with van der Waals surface area (Å²) in [6, 6.07) is -0.885. The molecule has 0 rings (SSSR count). The number of hydrogen-bond donors (Lipinski definition) is 1. The first kappa shape index (κ1) is 66.5. The van der Waals surface area contributed by atoms with E-state index < -0.39 is 20.0 Å². The summed E-state index contributed by atoms with van der Waals surface area (Å²) in [4.78, 5) is 39.8. The average molecular weight is 982 g/mol. The van der Waals surface area contributed by atoms with Crippen LogP contribution in [0, 0.1) is 0 Å². The highest BCUT2D eigenvalue weighted by atomic mass is 31.2. The Morgan fingerprint density at radius 2 is 0.853 bits per heavy atom. The largest absolute Gasteiger partial charge is 0.756 e. The van der Waals surface area contributed by atoms with Crippen LogP contribution in [0.4, 0.5) is 0 Å². The summed E-state index contributed by atoms with van der Waals surface area (Å²) < 4.78 is 30.2. The molecule has 9 nitrogen and oxygen atoms in total. The van der Waals surface area contributed by atoms with Crippen molar-refractivity contribution < 1.29 is 37.3 Å². The quantitative estimate of drug-likeness (QED) is 0.0212. The first-order valence-electron chi connectivity index (χ1n) is 29.1. The van der Waals surface area contributed by atoms with Gasteiger partial charge in [0, 0.05) is 12.8 Å². The van der Waals surface area contributed by atoms with Crippen LogP contribution in [0.1, 0.15) is 284 Å². The summed E-state index contributed by atoms with van der Waals surface area (Å²) in [5.74, 6) is -0.538. The number of likely N-dealkylation sites (N-methyl/N-ethyl adjacent to an activating group) is 1. The lowest BCUT2D eigenvalue weighted by Crippen LogP contribution is -2.47. The number of phosphoric ester groups is 1. The van der Waals surface area contributed by atoms with Gasteiger partial charge >= 0.3 is 5.97 Å². The fraction of sp³-hybridized carbons (Fsp3) is 0.897. The summed E-state index contributed by atoms with van der Waals surface area (Å²) in [5, 5.41) is 3.02. The summed E-state index contributed by atoms with van der Waals surface area (Å²) in [6.45, 7) is 6.86. The van der Waals surface area contributed by atoms with Gasteiger partial charge in [-0.2, -0.15) is 0 Å². The zero-order chi connectivity index (χ0) is 50.1. The van der Waals surface area contributed by atoms with Crippen molar-refractivity contribution in [3.8, 4) is 0 Å². The van der Waals surface area contributed by atoms with Crippen LogP contribution in [-0.2, 0) is 27.9 Å². The monoisotopic (exact) mass is 981 g/mol. The number of allylic oxidation sites excluding steroid dienone is 3. The van der Waals surface area contributed by atoms with Gasteiger partial charge in [0.25, 0.3) is 7.82 Å². The molecule has 10 heteroatoms. The third kappa shape index (κ3) is 49.5. The normalized spacial score (nSPS) is 13.9. The lowest BCUT2D eigenvalue weighted by molar-refractivity contribution is -0.870. The van der Waals surface area contributed by atoms with Crippen molar-refractivity contribution in [1.29, 1.82) is 0 Å². The van der Waals surface area contributed by atoms with E-state index in [4.69, 9.17) is 13.8 Å². The fourth-order valence-electron chi connectivity index (χ4n) is 8.58. The number of rotatable bonds is 53. The molecule has 0 radical (unpaired) electrons. The number of nitrogens with one attached hydrogen (secondary N) is 1. The number of ether oxygens (including phenoxy) is 1. The van der Waals surface area contributed by atoms with Crippen molar-refractivity contribution in [2.75, 3.05) is 40.9 Å².